The van der Waals surface area contributed by atoms with Crippen LogP contribution in [0.3, 0.4) is 0 Å². The van der Waals surface area contributed by atoms with E-state index in [1.807, 2.05) is 11.5 Å². The summed E-state index contributed by atoms with van der Waals surface area (Å²) in [4.78, 5) is 25.4. The van der Waals surface area contributed by atoms with E-state index in [0.717, 1.165) is 29.2 Å². The SMILES string of the molecule is C=CCn1c(C)cc(-c2csc(NC(=O)c3ccc(-n4ccnc4)nc3)n2)c1C. The minimum absolute atomic E-state index is 0.243. The minimum Gasteiger partial charge on any atom is -0.345 e. The quantitative estimate of drug-likeness (QED) is 0.488. The number of anilines is 1. The van der Waals surface area contributed by atoms with Crippen LogP contribution in [0.25, 0.3) is 17.1 Å². The first-order chi connectivity index (χ1) is 14.1. The molecular formula is C21H20N6OS. The van der Waals surface area contributed by atoms with Gasteiger partial charge in [-0.2, -0.15) is 0 Å². The molecule has 7 nitrogen and oxygen atoms in total. The fourth-order valence-corrected chi connectivity index (χ4v) is 3.87. The van der Waals surface area contributed by atoms with E-state index in [-0.39, 0.29) is 5.91 Å². The van der Waals surface area contributed by atoms with Gasteiger partial charge in [0.2, 0.25) is 0 Å². The number of carbonyl (C=O) groups is 1. The molecule has 0 saturated carbocycles. The van der Waals surface area contributed by atoms with Crippen molar-refractivity contribution in [3.8, 4) is 17.1 Å². The average molecular weight is 404 g/mol. The molecule has 29 heavy (non-hydrogen) atoms. The Morgan fingerprint density at radius 3 is 2.90 bits per heavy atom. The molecule has 0 unspecified atom stereocenters. The van der Waals surface area contributed by atoms with Crippen LogP contribution in [0, 0.1) is 13.8 Å². The van der Waals surface area contributed by atoms with E-state index in [1.165, 1.54) is 11.3 Å². The van der Waals surface area contributed by atoms with Crippen molar-refractivity contribution in [2.75, 3.05) is 5.32 Å². The molecule has 4 aromatic rings. The predicted molar refractivity (Wildman–Crippen MR) is 115 cm³/mol. The second kappa shape index (κ2) is 7.84. The normalized spacial score (nSPS) is 10.8. The van der Waals surface area contributed by atoms with Gasteiger partial charge in [0.05, 0.1) is 11.3 Å². The molecule has 4 rings (SSSR count). The molecule has 146 valence electrons. The van der Waals surface area contributed by atoms with E-state index < -0.39 is 0 Å². The lowest BCUT2D eigenvalue weighted by molar-refractivity contribution is 0.102. The number of amides is 1. The average Bonchev–Trinajstić information content (AvgIpc) is 3.46. The van der Waals surface area contributed by atoms with Gasteiger partial charge in [0, 0.05) is 47.5 Å². The van der Waals surface area contributed by atoms with Gasteiger partial charge in [-0.15, -0.1) is 17.9 Å². The summed E-state index contributed by atoms with van der Waals surface area (Å²) in [6.45, 7) is 8.70. The molecule has 4 aromatic heterocycles. The molecular weight excluding hydrogens is 384 g/mol. The Morgan fingerprint density at radius 2 is 2.21 bits per heavy atom. The van der Waals surface area contributed by atoms with Crippen LogP contribution in [0.2, 0.25) is 0 Å². The summed E-state index contributed by atoms with van der Waals surface area (Å²) < 4.78 is 3.96. The van der Waals surface area contributed by atoms with Crippen molar-refractivity contribution in [3.05, 3.63) is 78.1 Å². The number of hydrogen-bond donors (Lipinski definition) is 1. The third-order valence-corrected chi connectivity index (χ3v) is 5.42. The van der Waals surface area contributed by atoms with Gasteiger partial charge in [0.15, 0.2) is 5.13 Å². The number of aromatic nitrogens is 5. The molecule has 0 aliphatic rings. The van der Waals surface area contributed by atoms with Crippen molar-refractivity contribution >= 4 is 22.4 Å². The molecule has 0 aliphatic carbocycles. The third-order valence-electron chi connectivity index (χ3n) is 4.66. The monoisotopic (exact) mass is 404 g/mol. The van der Waals surface area contributed by atoms with Crippen molar-refractivity contribution in [2.45, 2.75) is 20.4 Å². The Hall–Kier alpha value is -3.52. The summed E-state index contributed by atoms with van der Waals surface area (Å²) in [6, 6.07) is 5.62. The van der Waals surface area contributed by atoms with Crippen LogP contribution in [0.4, 0.5) is 5.13 Å². The largest absolute Gasteiger partial charge is 0.345 e. The molecule has 0 aliphatic heterocycles. The van der Waals surface area contributed by atoms with Crippen LogP contribution in [0.1, 0.15) is 21.7 Å². The zero-order valence-corrected chi connectivity index (χ0v) is 17.0. The number of allylic oxidation sites excluding steroid dienone is 1. The third kappa shape index (κ3) is 3.74. The number of pyridine rings is 1. The standard InChI is InChI=1S/C21H20N6OS/c1-4-8-27-14(2)10-17(15(27)3)18-12-29-21(24-18)25-20(28)16-5-6-19(23-11-16)26-9-7-22-13-26/h4-7,9-13H,1,8H2,2-3H3,(H,24,25,28). The van der Waals surface area contributed by atoms with Crippen molar-refractivity contribution in [1.82, 2.24) is 24.1 Å². The Labute approximate surface area is 172 Å². The van der Waals surface area contributed by atoms with Gasteiger partial charge in [0.1, 0.15) is 12.1 Å². The van der Waals surface area contributed by atoms with Crippen LogP contribution in [0.15, 0.2) is 61.2 Å². The lowest BCUT2D eigenvalue weighted by Gasteiger charge is -2.05. The summed E-state index contributed by atoms with van der Waals surface area (Å²) in [6.07, 6.45) is 8.55. The van der Waals surface area contributed by atoms with Crippen molar-refractivity contribution in [1.29, 1.82) is 0 Å². The molecule has 0 bridgehead atoms. The fourth-order valence-electron chi connectivity index (χ4n) is 3.16. The van der Waals surface area contributed by atoms with E-state index in [1.54, 1.807) is 41.6 Å². The smallest absolute Gasteiger partial charge is 0.259 e. The van der Waals surface area contributed by atoms with Crippen LogP contribution in [-0.4, -0.2) is 30.0 Å². The highest BCUT2D eigenvalue weighted by molar-refractivity contribution is 7.14. The molecule has 4 heterocycles. The second-order valence-corrected chi connectivity index (χ2v) is 7.41. The lowest BCUT2D eigenvalue weighted by atomic mass is 10.2. The van der Waals surface area contributed by atoms with Crippen molar-refractivity contribution < 1.29 is 4.79 Å². The highest BCUT2D eigenvalue weighted by Gasteiger charge is 2.15. The molecule has 0 saturated heterocycles. The number of aryl methyl sites for hydroxylation is 1. The number of rotatable bonds is 6. The summed E-state index contributed by atoms with van der Waals surface area (Å²) >= 11 is 1.40. The lowest BCUT2D eigenvalue weighted by Crippen LogP contribution is -2.12. The van der Waals surface area contributed by atoms with E-state index in [4.69, 9.17) is 0 Å². The highest BCUT2D eigenvalue weighted by Crippen LogP contribution is 2.30. The van der Waals surface area contributed by atoms with Crippen LogP contribution in [-0.2, 0) is 6.54 Å². The maximum atomic E-state index is 12.5. The maximum absolute atomic E-state index is 12.5. The predicted octanol–water partition coefficient (Wildman–Crippen LogP) is 4.25. The van der Waals surface area contributed by atoms with Gasteiger partial charge in [-0.1, -0.05) is 6.08 Å². The molecule has 1 amide bonds. The summed E-state index contributed by atoms with van der Waals surface area (Å²) in [5, 5.41) is 5.36. The first-order valence-electron chi connectivity index (χ1n) is 9.06. The van der Waals surface area contributed by atoms with E-state index in [2.05, 4.69) is 51.3 Å². The van der Waals surface area contributed by atoms with Gasteiger partial charge in [-0.25, -0.2) is 15.0 Å². The van der Waals surface area contributed by atoms with E-state index in [9.17, 15) is 4.79 Å². The summed E-state index contributed by atoms with van der Waals surface area (Å²) in [5.41, 5.74) is 4.66. The molecule has 0 spiro atoms. The Balaban J connectivity index is 1.50. The Bertz CT molecular complexity index is 1150. The molecule has 8 heteroatoms. The zero-order valence-electron chi connectivity index (χ0n) is 16.2. The first kappa shape index (κ1) is 18.8. The van der Waals surface area contributed by atoms with Gasteiger partial charge >= 0.3 is 0 Å². The van der Waals surface area contributed by atoms with Gasteiger partial charge in [0.25, 0.3) is 5.91 Å². The number of hydrogen-bond acceptors (Lipinski definition) is 5. The summed E-state index contributed by atoms with van der Waals surface area (Å²) in [5.74, 6) is 0.457. The van der Waals surface area contributed by atoms with Gasteiger partial charge < -0.3 is 4.57 Å². The van der Waals surface area contributed by atoms with Gasteiger partial charge in [-0.3, -0.25) is 14.7 Å². The first-order valence-corrected chi connectivity index (χ1v) is 9.94. The number of nitrogens with zero attached hydrogens (tertiary/aromatic N) is 5. The molecule has 1 N–H and O–H groups in total. The molecule has 0 fully saturated rings. The van der Waals surface area contributed by atoms with E-state index in [0.29, 0.717) is 16.5 Å². The van der Waals surface area contributed by atoms with Crippen molar-refractivity contribution in [2.24, 2.45) is 0 Å². The Kier molecular flexibility index (Phi) is 5.09. The topological polar surface area (TPSA) is 77.6 Å². The summed E-state index contributed by atoms with van der Waals surface area (Å²) in [7, 11) is 0. The molecule has 0 atom stereocenters. The van der Waals surface area contributed by atoms with Crippen LogP contribution >= 0.6 is 11.3 Å². The highest BCUT2D eigenvalue weighted by atomic mass is 32.1. The molecule has 0 radical (unpaired) electrons. The number of imidazole rings is 1. The van der Waals surface area contributed by atoms with E-state index >= 15 is 0 Å². The maximum Gasteiger partial charge on any atom is 0.259 e. The number of carbonyl (C=O) groups excluding carboxylic acids is 1. The van der Waals surface area contributed by atoms with Gasteiger partial charge in [-0.05, 0) is 32.0 Å². The molecule has 0 aromatic carbocycles. The number of thiazole rings is 1. The Morgan fingerprint density at radius 1 is 1.34 bits per heavy atom. The van der Waals surface area contributed by atoms with Crippen molar-refractivity contribution in [3.63, 3.8) is 0 Å². The zero-order chi connectivity index (χ0) is 20.4. The number of nitrogens with one attached hydrogen (secondary N) is 1. The fraction of sp³-hybridized carbons (Fsp3) is 0.143. The second-order valence-electron chi connectivity index (χ2n) is 6.55. The van der Waals surface area contributed by atoms with Crippen LogP contribution < -0.4 is 5.32 Å². The minimum atomic E-state index is -0.243. The van der Waals surface area contributed by atoms with Crippen LogP contribution in [0.5, 0.6) is 0 Å².